The fraction of sp³-hybridized carbons (Fsp3) is 0.929. The SMILES string of the molecule is CCCN1CCC(NC(=O)N(C)CC(C)(C)O)CC1. The molecular weight excluding hydrogens is 242 g/mol. The topological polar surface area (TPSA) is 55.8 Å². The maximum atomic E-state index is 12.0. The number of hydrogen-bond acceptors (Lipinski definition) is 3. The van der Waals surface area contributed by atoms with Crippen molar-refractivity contribution in [3.8, 4) is 0 Å². The molecule has 1 fully saturated rings. The third kappa shape index (κ3) is 6.25. The third-order valence-electron chi connectivity index (χ3n) is 3.43. The van der Waals surface area contributed by atoms with Crippen LogP contribution in [0, 0.1) is 0 Å². The quantitative estimate of drug-likeness (QED) is 0.792. The smallest absolute Gasteiger partial charge is 0.317 e. The van der Waals surface area contributed by atoms with E-state index in [0.29, 0.717) is 6.54 Å². The van der Waals surface area contributed by atoms with Gasteiger partial charge in [-0.15, -0.1) is 0 Å². The average molecular weight is 271 g/mol. The lowest BCUT2D eigenvalue weighted by Gasteiger charge is -2.33. The number of hydrogen-bond donors (Lipinski definition) is 2. The average Bonchev–Trinajstić information content (AvgIpc) is 2.29. The van der Waals surface area contributed by atoms with Crippen LogP contribution in [0.15, 0.2) is 0 Å². The van der Waals surface area contributed by atoms with E-state index in [1.165, 1.54) is 6.42 Å². The summed E-state index contributed by atoms with van der Waals surface area (Å²) in [6.07, 6.45) is 3.22. The molecule has 1 aliphatic rings. The summed E-state index contributed by atoms with van der Waals surface area (Å²) in [5, 5.41) is 12.8. The summed E-state index contributed by atoms with van der Waals surface area (Å²) in [5.41, 5.74) is -0.851. The molecule has 19 heavy (non-hydrogen) atoms. The molecule has 1 rings (SSSR count). The van der Waals surface area contributed by atoms with Gasteiger partial charge in [0.2, 0.25) is 0 Å². The number of likely N-dealkylation sites (N-methyl/N-ethyl adjacent to an activating group) is 1. The number of piperidine rings is 1. The van der Waals surface area contributed by atoms with Gasteiger partial charge < -0.3 is 20.2 Å². The van der Waals surface area contributed by atoms with Gasteiger partial charge in [0.15, 0.2) is 0 Å². The van der Waals surface area contributed by atoms with Crippen molar-refractivity contribution in [2.45, 2.75) is 51.7 Å². The van der Waals surface area contributed by atoms with Crippen molar-refractivity contribution in [3.05, 3.63) is 0 Å². The van der Waals surface area contributed by atoms with E-state index in [4.69, 9.17) is 0 Å². The number of aliphatic hydroxyl groups is 1. The molecule has 1 aliphatic heterocycles. The summed E-state index contributed by atoms with van der Waals surface area (Å²) in [6, 6.07) is 0.181. The summed E-state index contributed by atoms with van der Waals surface area (Å²) in [6.45, 7) is 9.23. The number of carbonyl (C=O) groups is 1. The van der Waals surface area contributed by atoms with Crippen LogP contribution in [-0.2, 0) is 0 Å². The monoisotopic (exact) mass is 271 g/mol. The van der Waals surface area contributed by atoms with Crippen molar-refractivity contribution in [3.63, 3.8) is 0 Å². The molecule has 0 aromatic heterocycles. The molecule has 112 valence electrons. The van der Waals surface area contributed by atoms with Crippen LogP contribution in [0.25, 0.3) is 0 Å². The number of amides is 2. The third-order valence-corrected chi connectivity index (χ3v) is 3.43. The molecule has 2 amide bonds. The Morgan fingerprint density at radius 3 is 2.47 bits per heavy atom. The van der Waals surface area contributed by atoms with Gasteiger partial charge in [0.05, 0.1) is 12.1 Å². The molecule has 1 saturated heterocycles. The summed E-state index contributed by atoms with van der Waals surface area (Å²) < 4.78 is 0. The zero-order chi connectivity index (χ0) is 14.5. The van der Waals surface area contributed by atoms with Gasteiger partial charge in [-0.3, -0.25) is 0 Å². The Labute approximate surface area is 117 Å². The number of rotatable bonds is 5. The molecule has 0 aromatic rings. The molecule has 0 aromatic carbocycles. The minimum Gasteiger partial charge on any atom is -0.389 e. The van der Waals surface area contributed by atoms with Crippen LogP contribution >= 0.6 is 0 Å². The molecule has 0 atom stereocenters. The van der Waals surface area contributed by atoms with Crippen molar-refractivity contribution >= 4 is 6.03 Å². The Morgan fingerprint density at radius 1 is 1.42 bits per heavy atom. The van der Waals surface area contributed by atoms with Gasteiger partial charge in [-0.2, -0.15) is 0 Å². The fourth-order valence-electron chi connectivity index (χ4n) is 2.55. The lowest BCUT2D eigenvalue weighted by molar-refractivity contribution is 0.0523. The summed E-state index contributed by atoms with van der Waals surface area (Å²) >= 11 is 0. The first-order valence-electron chi connectivity index (χ1n) is 7.28. The van der Waals surface area contributed by atoms with Gasteiger partial charge in [-0.1, -0.05) is 6.92 Å². The molecule has 0 radical (unpaired) electrons. The predicted molar refractivity (Wildman–Crippen MR) is 77.2 cm³/mol. The van der Waals surface area contributed by atoms with Crippen molar-refractivity contribution in [2.75, 3.05) is 33.2 Å². The summed E-state index contributed by atoms with van der Waals surface area (Å²) in [5.74, 6) is 0. The second-order valence-electron chi connectivity index (χ2n) is 6.23. The van der Waals surface area contributed by atoms with E-state index < -0.39 is 5.60 Å². The van der Waals surface area contributed by atoms with Gasteiger partial charge in [-0.05, 0) is 39.7 Å². The molecule has 0 saturated carbocycles. The lowest BCUT2D eigenvalue weighted by Crippen LogP contribution is -2.50. The molecule has 5 heteroatoms. The highest BCUT2D eigenvalue weighted by atomic mass is 16.3. The first kappa shape index (κ1) is 16.2. The minimum absolute atomic E-state index is 0.0870. The van der Waals surface area contributed by atoms with Crippen LogP contribution in [0.5, 0.6) is 0 Å². The molecule has 0 bridgehead atoms. The van der Waals surface area contributed by atoms with Crippen molar-refractivity contribution < 1.29 is 9.90 Å². The Hall–Kier alpha value is -0.810. The molecule has 0 unspecified atom stereocenters. The highest BCUT2D eigenvalue weighted by molar-refractivity contribution is 5.74. The number of nitrogens with one attached hydrogen (secondary N) is 1. The Balaban J connectivity index is 2.30. The largest absolute Gasteiger partial charge is 0.389 e. The van der Waals surface area contributed by atoms with E-state index in [9.17, 15) is 9.90 Å². The van der Waals surface area contributed by atoms with E-state index in [1.807, 2.05) is 0 Å². The number of nitrogens with zero attached hydrogens (tertiary/aromatic N) is 2. The van der Waals surface area contributed by atoms with Gasteiger partial charge in [-0.25, -0.2) is 4.79 Å². The first-order valence-corrected chi connectivity index (χ1v) is 7.28. The van der Waals surface area contributed by atoms with E-state index in [1.54, 1.807) is 25.8 Å². The van der Waals surface area contributed by atoms with Crippen molar-refractivity contribution in [1.82, 2.24) is 15.1 Å². The van der Waals surface area contributed by atoms with Crippen LogP contribution < -0.4 is 5.32 Å². The van der Waals surface area contributed by atoms with Gasteiger partial charge in [0.25, 0.3) is 0 Å². The van der Waals surface area contributed by atoms with Crippen LogP contribution in [0.1, 0.15) is 40.0 Å². The first-order chi connectivity index (χ1) is 8.81. The van der Waals surface area contributed by atoms with Crippen LogP contribution in [0.3, 0.4) is 0 Å². The number of urea groups is 1. The predicted octanol–water partition coefficient (Wildman–Crippen LogP) is 1.27. The Kier molecular flexibility index (Phi) is 6.07. The summed E-state index contributed by atoms with van der Waals surface area (Å²) in [7, 11) is 1.72. The van der Waals surface area contributed by atoms with E-state index in [-0.39, 0.29) is 12.1 Å². The van der Waals surface area contributed by atoms with Gasteiger partial charge in [0.1, 0.15) is 0 Å². The van der Waals surface area contributed by atoms with Crippen LogP contribution in [0.4, 0.5) is 4.79 Å². The highest BCUT2D eigenvalue weighted by Gasteiger charge is 2.23. The second kappa shape index (κ2) is 7.10. The fourth-order valence-corrected chi connectivity index (χ4v) is 2.55. The highest BCUT2D eigenvalue weighted by Crippen LogP contribution is 2.11. The van der Waals surface area contributed by atoms with Gasteiger partial charge >= 0.3 is 6.03 Å². The zero-order valence-corrected chi connectivity index (χ0v) is 12.8. The summed E-state index contributed by atoms with van der Waals surface area (Å²) in [4.78, 5) is 16.0. The zero-order valence-electron chi connectivity index (χ0n) is 12.8. The molecule has 0 spiro atoms. The standard InChI is InChI=1S/C14H29N3O2/c1-5-8-17-9-6-12(7-10-17)15-13(18)16(4)11-14(2,3)19/h12,19H,5-11H2,1-4H3,(H,15,18). The van der Waals surface area contributed by atoms with Crippen molar-refractivity contribution in [2.24, 2.45) is 0 Å². The second-order valence-corrected chi connectivity index (χ2v) is 6.23. The minimum atomic E-state index is -0.851. The maximum absolute atomic E-state index is 12.0. The van der Waals surface area contributed by atoms with Crippen molar-refractivity contribution in [1.29, 1.82) is 0 Å². The maximum Gasteiger partial charge on any atom is 0.317 e. The Morgan fingerprint density at radius 2 is 2.00 bits per heavy atom. The molecule has 2 N–H and O–H groups in total. The van der Waals surface area contributed by atoms with E-state index in [2.05, 4.69) is 17.1 Å². The number of likely N-dealkylation sites (tertiary alicyclic amines) is 1. The van der Waals surface area contributed by atoms with Gasteiger partial charge in [0, 0.05) is 26.2 Å². The molecular formula is C14H29N3O2. The molecule has 0 aliphatic carbocycles. The Bertz CT molecular complexity index is 281. The number of carbonyl (C=O) groups excluding carboxylic acids is 1. The van der Waals surface area contributed by atoms with E-state index >= 15 is 0 Å². The molecule has 5 nitrogen and oxygen atoms in total. The normalized spacial score (nSPS) is 18.4. The molecule has 1 heterocycles. The van der Waals surface area contributed by atoms with E-state index in [0.717, 1.165) is 32.5 Å². The van der Waals surface area contributed by atoms with Crippen LogP contribution in [0.2, 0.25) is 0 Å². The lowest BCUT2D eigenvalue weighted by atomic mass is 10.1. The van der Waals surface area contributed by atoms with Crippen LogP contribution in [-0.4, -0.2) is 65.8 Å².